The standard InChI is InChI=1S/C22H20FN3O3S2/c1-2-13-26-19-7-3-4-8-20(19)30-22(26)24-21(27)16-6-5-14-25(15-16)31(28,29)18-11-9-17(23)10-12-18/h1,3-4,7-12,16H,5-6,13-15H2. The van der Waals surface area contributed by atoms with Crippen LogP contribution in [0.25, 0.3) is 10.2 Å². The minimum Gasteiger partial charge on any atom is -0.305 e. The first-order valence-electron chi connectivity index (χ1n) is 9.76. The molecule has 2 heterocycles. The summed E-state index contributed by atoms with van der Waals surface area (Å²) in [6, 6.07) is 12.4. The monoisotopic (exact) mass is 457 g/mol. The Morgan fingerprint density at radius 2 is 1.97 bits per heavy atom. The van der Waals surface area contributed by atoms with Crippen molar-refractivity contribution in [3.05, 3.63) is 59.1 Å². The molecule has 1 atom stereocenters. The van der Waals surface area contributed by atoms with Crippen LogP contribution in [0.15, 0.2) is 58.4 Å². The average Bonchev–Trinajstić information content (AvgIpc) is 3.11. The Bertz CT molecular complexity index is 1330. The summed E-state index contributed by atoms with van der Waals surface area (Å²) in [6.45, 7) is 0.636. The number of carbonyl (C=O) groups excluding carboxylic acids is 1. The molecule has 1 fully saturated rings. The number of aromatic nitrogens is 1. The molecule has 6 nitrogen and oxygen atoms in total. The van der Waals surface area contributed by atoms with Gasteiger partial charge >= 0.3 is 0 Å². The molecule has 0 bridgehead atoms. The Morgan fingerprint density at radius 3 is 2.71 bits per heavy atom. The van der Waals surface area contributed by atoms with Crippen LogP contribution in [-0.4, -0.2) is 36.3 Å². The van der Waals surface area contributed by atoms with E-state index in [0.717, 1.165) is 22.3 Å². The maximum Gasteiger partial charge on any atom is 0.252 e. The van der Waals surface area contributed by atoms with Crippen molar-refractivity contribution in [2.75, 3.05) is 13.1 Å². The molecule has 0 N–H and O–H groups in total. The Kier molecular flexibility index (Phi) is 6.05. The lowest BCUT2D eigenvalue weighted by molar-refractivity contribution is -0.122. The molecule has 1 aliphatic rings. The number of nitrogens with zero attached hydrogens (tertiary/aromatic N) is 3. The van der Waals surface area contributed by atoms with Crippen molar-refractivity contribution in [2.24, 2.45) is 10.9 Å². The van der Waals surface area contributed by atoms with Crippen LogP contribution in [0.1, 0.15) is 12.8 Å². The van der Waals surface area contributed by atoms with E-state index in [9.17, 15) is 17.6 Å². The van der Waals surface area contributed by atoms with Gasteiger partial charge in [-0.3, -0.25) is 4.79 Å². The van der Waals surface area contributed by atoms with E-state index in [-0.39, 0.29) is 23.9 Å². The molecule has 1 amide bonds. The highest BCUT2D eigenvalue weighted by Gasteiger charge is 2.33. The first-order valence-corrected chi connectivity index (χ1v) is 12.0. The summed E-state index contributed by atoms with van der Waals surface area (Å²) in [5.41, 5.74) is 0.904. The van der Waals surface area contributed by atoms with Crippen molar-refractivity contribution >= 4 is 37.5 Å². The fourth-order valence-electron chi connectivity index (χ4n) is 3.65. The summed E-state index contributed by atoms with van der Waals surface area (Å²) < 4.78 is 43.1. The van der Waals surface area contributed by atoms with E-state index in [0.29, 0.717) is 24.2 Å². The Balaban J connectivity index is 1.61. The summed E-state index contributed by atoms with van der Waals surface area (Å²) in [5.74, 6) is 1.17. The van der Waals surface area contributed by atoms with Crippen molar-refractivity contribution in [1.29, 1.82) is 0 Å². The van der Waals surface area contributed by atoms with Gasteiger partial charge in [-0.15, -0.1) is 6.42 Å². The lowest BCUT2D eigenvalue weighted by Gasteiger charge is -2.30. The number of fused-ring (bicyclic) bond motifs is 1. The van der Waals surface area contributed by atoms with Gasteiger partial charge in [-0.25, -0.2) is 12.8 Å². The molecular formula is C22H20FN3O3S2. The summed E-state index contributed by atoms with van der Waals surface area (Å²) >= 11 is 1.37. The molecule has 0 saturated carbocycles. The third-order valence-corrected chi connectivity index (χ3v) is 8.17. The summed E-state index contributed by atoms with van der Waals surface area (Å²) in [4.78, 5) is 17.8. The molecule has 9 heteroatoms. The average molecular weight is 458 g/mol. The second kappa shape index (κ2) is 8.75. The maximum atomic E-state index is 13.2. The molecule has 1 aromatic heterocycles. The molecule has 0 radical (unpaired) electrons. The number of thiazole rings is 1. The van der Waals surface area contributed by atoms with Crippen molar-refractivity contribution < 1.29 is 17.6 Å². The van der Waals surface area contributed by atoms with Crippen LogP contribution in [0, 0.1) is 24.1 Å². The van der Waals surface area contributed by atoms with Crippen LogP contribution in [0.4, 0.5) is 4.39 Å². The number of carbonyl (C=O) groups is 1. The number of terminal acetylenes is 1. The topological polar surface area (TPSA) is 71.7 Å². The third-order valence-electron chi connectivity index (χ3n) is 5.23. The van der Waals surface area contributed by atoms with Gasteiger partial charge in [-0.2, -0.15) is 9.30 Å². The molecule has 1 saturated heterocycles. The number of para-hydroxylation sites is 1. The van der Waals surface area contributed by atoms with E-state index in [1.807, 2.05) is 28.8 Å². The van der Waals surface area contributed by atoms with Crippen molar-refractivity contribution in [1.82, 2.24) is 8.87 Å². The molecule has 3 aromatic rings. The zero-order valence-electron chi connectivity index (χ0n) is 16.6. The second-order valence-electron chi connectivity index (χ2n) is 7.25. The van der Waals surface area contributed by atoms with Crippen LogP contribution in [0.3, 0.4) is 0 Å². The number of piperidine rings is 1. The van der Waals surface area contributed by atoms with E-state index in [2.05, 4.69) is 10.9 Å². The normalized spacial score (nSPS) is 18.2. The quantitative estimate of drug-likeness (QED) is 0.566. The predicted octanol–water partition coefficient (Wildman–Crippen LogP) is 3.00. The Hall–Kier alpha value is -2.80. The van der Waals surface area contributed by atoms with Gasteiger partial charge in [0.2, 0.25) is 10.0 Å². The zero-order chi connectivity index (χ0) is 22.0. The number of halogens is 1. The van der Waals surface area contributed by atoms with Crippen LogP contribution >= 0.6 is 11.3 Å². The summed E-state index contributed by atoms with van der Waals surface area (Å²) in [7, 11) is -3.81. The van der Waals surface area contributed by atoms with Crippen molar-refractivity contribution in [3.63, 3.8) is 0 Å². The van der Waals surface area contributed by atoms with Gasteiger partial charge < -0.3 is 4.57 Å². The molecule has 31 heavy (non-hydrogen) atoms. The van der Waals surface area contributed by atoms with Gasteiger partial charge in [0, 0.05) is 13.1 Å². The van der Waals surface area contributed by atoms with Crippen LogP contribution < -0.4 is 4.80 Å². The van der Waals surface area contributed by atoms with E-state index < -0.39 is 21.8 Å². The van der Waals surface area contributed by atoms with Gasteiger partial charge in [0.25, 0.3) is 5.91 Å². The molecule has 4 rings (SSSR count). The van der Waals surface area contributed by atoms with Gasteiger partial charge in [0.1, 0.15) is 5.82 Å². The number of amides is 1. The van der Waals surface area contributed by atoms with Gasteiger partial charge in [-0.05, 0) is 49.2 Å². The van der Waals surface area contributed by atoms with Crippen molar-refractivity contribution in [2.45, 2.75) is 24.3 Å². The molecule has 0 spiro atoms. The van der Waals surface area contributed by atoms with Crippen LogP contribution in [-0.2, 0) is 21.4 Å². The molecule has 0 aliphatic carbocycles. The van der Waals surface area contributed by atoms with Crippen LogP contribution in [0.2, 0.25) is 0 Å². The smallest absolute Gasteiger partial charge is 0.252 e. The molecule has 1 aliphatic heterocycles. The summed E-state index contributed by atoms with van der Waals surface area (Å²) in [6.07, 6.45) is 6.59. The lowest BCUT2D eigenvalue weighted by atomic mass is 9.99. The van der Waals surface area contributed by atoms with E-state index in [1.165, 1.54) is 27.8 Å². The fourth-order valence-corrected chi connectivity index (χ4v) is 6.21. The Labute approximate surface area is 183 Å². The molecule has 2 aromatic carbocycles. The highest BCUT2D eigenvalue weighted by Crippen LogP contribution is 2.25. The van der Waals surface area contributed by atoms with Gasteiger partial charge in [0.05, 0.1) is 27.6 Å². The highest BCUT2D eigenvalue weighted by atomic mass is 32.2. The number of hydrogen-bond acceptors (Lipinski definition) is 4. The molecular weight excluding hydrogens is 437 g/mol. The molecule has 1 unspecified atom stereocenters. The SMILES string of the molecule is C#CCn1c(=NC(=O)C2CCCN(S(=O)(=O)c3ccc(F)cc3)C2)sc2ccccc21. The lowest BCUT2D eigenvalue weighted by Crippen LogP contribution is -2.42. The van der Waals surface area contributed by atoms with Gasteiger partial charge in [0.15, 0.2) is 4.80 Å². The zero-order valence-corrected chi connectivity index (χ0v) is 18.2. The number of sulfonamides is 1. The Morgan fingerprint density at radius 1 is 1.23 bits per heavy atom. The van der Waals surface area contributed by atoms with Crippen molar-refractivity contribution in [3.8, 4) is 12.3 Å². The fraction of sp³-hybridized carbons (Fsp3) is 0.273. The largest absolute Gasteiger partial charge is 0.305 e. The predicted molar refractivity (Wildman–Crippen MR) is 117 cm³/mol. The number of hydrogen-bond donors (Lipinski definition) is 0. The minimum absolute atomic E-state index is 0.00954. The van der Waals surface area contributed by atoms with E-state index >= 15 is 0 Å². The molecule has 160 valence electrons. The van der Waals surface area contributed by atoms with E-state index in [1.54, 1.807) is 0 Å². The number of rotatable bonds is 4. The second-order valence-corrected chi connectivity index (χ2v) is 10.2. The van der Waals surface area contributed by atoms with E-state index in [4.69, 9.17) is 6.42 Å². The number of benzene rings is 2. The first kappa shape index (κ1) is 21.4. The minimum atomic E-state index is -3.81. The summed E-state index contributed by atoms with van der Waals surface area (Å²) in [5, 5.41) is 0. The first-order chi connectivity index (χ1) is 14.9. The highest BCUT2D eigenvalue weighted by molar-refractivity contribution is 7.89. The van der Waals surface area contributed by atoms with Crippen LogP contribution in [0.5, 0.6) is 0 Å². The third kappa shape index (κ3) is 4.32. The van der Waals surface area contributed by atoms with Gasteiger partial charge in [-0.1, -0.05) is 29.4 Å². The maximum absolute atomic E-state index is 13.2.